The molecule has 0 heterocycles. The van der Waals surface area contributed by atoms with E-state index in [-0.39, 0.29) is 0 Å². The van der Waals surface area contributed by atoms with Crippen LogP contribution in [-0.4, -0.2) is 72.4 Å². The number of hydrogen-bond acceptors (Lipinski definition) is 2. The van der Waals surface area contributed by atoms with Crippen molar-refractivity contribution < 1.29 is 4.58 Å². The third-order valence-corrected chi connectivity index (χ3v) is 3.72. The molecule has 2 atom stereocenters. The van der Waals surface area contributed by atoms with Gasteiger partial charge in [0.1, 0.15) is 26.2 Å². The third kappa shape index (κ3) is 2.46. The summed E-state index contributed by atoms with van der Waals surface area (Å²) in [7, 11) is 4.35. The van der Waals surface area contributed by atoms with Crippen LogP contribution in [0, 0.1) is 0 Å². The van der Waals surface area contributed by atoms with Crippen molar-refractivity contribution in [2.75, 3.05) is 40.3 Å². The Morgan fingerprint density at radius 3 is 1.31 bits per heavy atom. The summed E-state index contributed by atoms with van der Waals surface area (Å²) in [6.07, 6.45) is 0. The van der Waals surface area contributed by atoms with Crippen molar-refractivity contribution in [1.29, 1.82) is 0 Å². The third-order valence-electron chi connectivity index (χ3n) is 3.72. The molecule has 0 aromatic heterocycles. The van der Waals surface area contributed by atoms with Gasteiger partial charge in [-0.1, -0.05) is 27.7 Å². The van der Waals surface area contributed by atoms with Crippen LogP contribution in [0.1, 0.15) is 27.7 Å². The molecule has 0 amide bonds. The molecule has 0 bridgehead atoms. The van der Waals surface area contributed by atoms with Crippen molar-refractivity contribution >= 4 is 5.71 Å². The molecule has 2 unspecified atom stereocenters. The van der Waals surface area contributed by atoms with Crippen LogP contribution in [0.3, 0.4) is 0 Å². The van der Waals surface area contributed by atoms with E-state index in [2.05, 4.69) is 56.2 Å². The summed E-state index contributed by atoms with van der Waals surface area (Å²) in [6, 6.07) is 1.31. The Morgan fingerprint density at radius 1 is 0.812 bits per heavy atom. The van der Waals surface area contributed by atoms with E-state index < -0.39 is 0 Å². The first-order valence-electron chi connectivity index (χ1n) is 6.64. The maximum atomic E-state index is 2.57. The number of likely N-dealkylation sites (N-methyl/N-ethyl adjacent to an activating group) is 2. The zero-order chi connectivity index (χ0) is 12.3. The van der Waals surface area contributed by atoms with Gasteiger partial charge in [-0.2, -0.15) is 0 Å². The van der Waals surface area contributed by atoms with E-state index >= 15 is 0 Å². The zero-order valence-electron chi connectivity index (χ0n) is 11.8. The topological polar surface area (TPSA) is 9.49 Å². The van der Waals surface area contributed by atoms with E-state index in [1.165, 1.54) is 0 Å². The first-order valence-corrected chi connectivity index (χ1v) is 6.64. The van der Waals surface area contributed by atoms with Crippen molar-refractivity contribution in [3.63, 3.8) is 0 Å². The normalized spacial score (nSPS) is 24.4. The molecule has 0 aromatic rings. The van der Waals surface area contributed by atoms with Gasteiger partial charge in [0.05, 0.1) is 0 Å². The lowest BCUT2D eigenvalue weighted by Crippen LogP contribution is -2.34. The second-order valence-electron chi connectivity index (χ2n) is 4.65. The van der Waals surface area contributed by atoms with Crippen molar-refractivity contribution in [3.05, 3.63) is 0 Å². The highest BCUT2D eigenvalue weighted by Crippen LogP contribution is 2.29. The van der Waals surface area contributed by atoms with E-state index in [0.29, 0.717) is 12.1 Å². The number of rotatable bonds is 6. The maximum absolute atomic E-state index is 2.57. The number of hydrogen-bond donors (Lipinski definition) is 0. The molecule has 0 radical (unpaired) electrons. The van der Waals surface area contributed by atoms with Crippen LogP contribution < -0.4 is 0 Å². The highest BCUT2D eigenvalue weighted by atomic mass is 15.3. The molecule has 16 heavy (non-hydrogen) atoms. The van der Waals surface area contributed by atoms with E-state index in [1.54, 1.807) is 5.71 Å². The number of nitrogens with zero attached hydrogens (tertiary/aromatic N) is 3. The monoisotopic (exact) mass is 226 g/mol. The fourth-order valence-electron chi connectivity index (χ4n) is 2.76. The SMILES string of the molecule is CCN(CC)C1C(=[N+](C)C)C1N(CC)CC. The molecule has 0 spiro atoms. The molecule has 0 aliphatic heterocycles. The Bertz CT molecular complexity index is 228. The maximum Gasteiger partial charge on any atom is 0.191 e. The van der Waals surface area contributed by atoms with Crippen LogP contribution >= 0.6 is 0 Å². The van der Waals surface area contributed by atoms with Gasteiger partial charge in [-0.25, -0.2) is 4.58 Å². The molecule has 1 aliphatic carbocycles. The Hall–Kier alpha value is -0.410. The van der Waals surface area contributed by atoms with Crippen molar-refractivity contribution in [3.8, 4) is 0 Å². The van der Waals surface area contributed by atoms with Crippen LogP contribution in [0.4, 0.5) is 0 Å². The Morgan fingerprint density at radius 2 is 1.12 bits per heavy atom. The highest BCUT2D eigenvalue weighted by Gasteiger charge is 2.58. The molecule has 0 aromatic carbocycles. The molecule has 1 saturated carbocycles. The molecule has 1 rings (SSSR count). The lowest BCUT2D eigenvalue weighted by molar-refractivity contribution is -0.463. The van der Waals surface area contributed by atoms with Crippen LogP contribution in [0.15, 0.2) is 0 Å². The Kier molecular flexibility index (Phi) is 4.93. The first kappa shape index (κ1) is 13.7. The van der Waals surface area contributed by atoms with Gasteiger partial charge in [-0.15, -0.1) is 0 Å². The van der Waals surface area contributed by atoms with Gasteiger partial charge < -0.3 is 0 Å². The first-order chi connectivity index (χ1) is 7.62. The summed E-state index contributed by atoms with van der Waals surface area (Å²) in [6.45, 7) is 13.6. The van der Waals surface area contributed by atoms with Crippen molar-refractivity contribution in [1.82, 2.24) is 9.80 Å². The predicted octanol–water partition coefficient (Wildman–Crippen LogP) is 1.13. The zero-order valence-corrected chi connectivity index (χ0v) is 11.8. The Balaban J connectivity index is 2.82. The molecular weight excluding hydrogens is 198 g/mol. The molecule has 0 saturated heterocycles. The minimum atomic E-state index is 0.657. The largest absolute Gasteiger partial charge is 0.290 e. The molecule has 0 N–H and O–H groups in total. The van der Waals surface area contributed by atoms with Gasteiger partial charge in [0.2, 0.25) is 0 Å². The predicted molar refractivity (Wildman–Crippen MR) is 70.5 cm³/mol. The summed E-state index contributed by atoms with van der Waals surface area (Å²) in [5, 5.41) is 0. The molecule has 3 nitrogen and oxygen atoms in total. The molecule has 1 aliphatic rings. The van der Waals surface area contributed by atoms with Gasteiger partial charge in [-0.05, 0) is 26.2 Å². The summed E-state index contributed by atoms with van der Waals surface area (Å²) in [5.74, 6) is 0. The minimum Gasteiger partial charge on any atom is -0.290 e. The molecule has 94 valence electrons. The molecular formula is C13H28N3+. The van der Waals surface area contributed by atoms with E-state index in [0.717, 1.165) is 26.2 Å². The quantitative estimate of drug-likeness (QED) is 0.628. The van der Waals surface area contributed by atoms with Gasteiger partial charge >= 0.3 is 0 Å². The average molecular weight is 226 g/mol. The average Bonchev–Trinajstić information content (AvgIpc) is 2.97. The van der Waals surface area contributed by atoms with E-state index in [9.17, 15) is 0 Å². The fourth-order valence-corrected chi connectivity index (χ4v) is 2.76. The minimum absolute atomic E-state index is 0.657. The molecule has 3 heteroatoms. The molecule has 1 fully saturated rings. The second kappa shape index (κ2) is 5.78. The summed E-state index contributed by atoms with van der Waals surface area (Å²) in [4.78, 5) is 5.14. The van der Waals surface area contributed by atoms with Gasteiger partial charge in [0, 0.05) is 0 Å². The lowest BCUT2D eigenvalue weighted by Gasteiger charge is -2.20. The van der Waals surface area contributed by atoms with Gasteiger partial charge in [-0.3, -0.25) is 9.80 Å². The summed E-state index contributed by atoms with van der Waals surface area (Å²) < 4.78 is 2.31. The van der Waals surface area contributed by atoms with Crippen LogP contribution in [0.2, 0.25) is 0 Å². The smallest absolute Gasteiger partial charge is 0.191 e. The summed E-state index contributed by atoms with van der Waals surface area (Å²) >= 11 is 0. The Labute approximate surface area is 101 Å². The van der Waals surface area contributed by atoms with Crippen LogP contribution in [-0.2, 0) is 0 Å². The highest BCUT2D eigenvalue weighted by molar-refractivity contribution is 6.07. The van der Waals surface area contributed by atoms with Gasteiger partial charge in [0.25, 0.3) is 0 Å². The standard InChI is InChI=1S/C13H28N3/c1-7-15(8-2)12-11(14(5)6)13(12)16(9-3)10-4/h12-13H,7-10H2,1-6H3/q+1. The van der Waals surface area contributed by atoms with E-state index in [4.69, 9.17) is 0 Å². The lowest BCUT2D eigenvalue weighted by atomic mass is 10.4. The fraction of sp³-hybridized carbons (Fsp3) is 0.923. The van der Waals surface area contributed by atoms with Crippen molar-refractivity contribution in [2.45, 2.75) is 39.8 Å². The van der Waals surface area contributed by atoms with Crippen LogP contribution in [0.25, 0.3) is 0 Å². The second-order valence-corrected chi connectivity index (χ2v) is 4.65. The van der Waals surface area contributed by atoms with Crippen molar-refractivity contribution in [2.24, 2.45) is 0 Å². The van der Waals surface area contributed by atoms with Crippen LogP contribution in [0.5, 0.6) is 0 Å². The van der Waals surface area contributed by atoms with Gasteiger partial charge in [0.15, 0.2) is 5.71 Å². The summed E-state index contributed by atoms with van der Waals surface area (Å²) in [5.41, 5.74) is 1.59. The van der Waals surface area contributed by atoms with E-state index in [1.807, 2.05) is 0 Å².